The maximum atomic E-state index is 12.9. The van der Waals surface area contributed by atoms with Gasteiger partial charge in [0.15, 0.2) is 5.71 Å². The first-order valence-corrected chi connectivity index (χ1v) is 11.5. The Morgan fingerprint density at radius 3 is 2.75 bits per heavy atom. The minimum absolute atomic E-state index is 0.0689. The van der Waals surface area contributed by atoms with E-state index in [1.165, 1.54) is 60.3 Å². The number of nitro groups is 1. The standard InChI is InChI=1S/C22H20N6O7S/c1-34-26-17(15-10-13(23)6-8-24-15)19(29)25-18-20(30)27-16(7-9-36-21(18)27)22(31)35-11-12-2-4-14(5-3-12)28(32)33/h2-8,10,18,21H,9,11H2,1H3,(H2,23,24)(H,25,29)/t18?,21-/m1/s1. The maximum absolute atomic E-state index is 12.9. The number of hydrogen-bond acceptors (Lipinski definition) is 11. The second-order valence-electron chi connectivity index (χ2n) is 7.57. The van der Waals surface area contributed by atoms with Crippen LogP contribution in [0.4, 0.5) is 11.4 Å². The summed E-state index contributed by atoms with van der Waals surface area (Å²) >= 11 is 1.37. The van der Waals surface area contributed by atoms with Crippen LogP contribution in [0.25, 0.3) is 0 Å². The third kappa shape index (κ3) is 4.98. The summed E-state index contributed by atoms with van der Waals surface area (Å²) in [5, 5.41) is 16.6. The third-order valence-corrected chi connectivity index (χ3v) is 6.47. The quantitative estimate of drug-likeness (QED) is 0.170. The van der Waals surface area contributed by atoms with E-state index in [0.717, 1.165) is 0 Å². The molecule has 1 saturated heterocycles. The molecule has 3 N–H and O–H groups in total. The lowest BCUT2D eigenvalue weighted by atomic mass is 10.0. The van der Waals surface area contributed by atoms with E-state index in [-0.39, 0.29) is 29.4 Å². The van der Waals surface area contributed by atoms with Crippen LogP contribution in [0, 0.1) is 10.1 Å². The molecule has 14 heteroatoms. The molecule has 0 bridgehead atoms. The van der Waals surface area contributed by atoms with Gasteiger partial charge in [-0.1, -0.05) is 5.16 Å². The highest BCUT2D eigenvalue weighted by atomic mass is 32.2. The number of nitrogen functional groups attached to an aromatic ring is 1. The van der Waals surface area contributed by atoms with Gasteiger partial charge in [0.2, 0.25) is 0 Å². The fourth-order valence-electron chi connectivity index (χ4n) is 3.55. The summed E-state index contributed by atoms with van der Waals surface area (Å²) in [5.41, 5.74) is 6.68. The Balaban J connectivity index is 1.39. The molecule has 2 aliphatic rings. The number of nitrogens with two attached hydrogens (primary N) is 1. The van der Waals surface area contributed by atoms with E-state index in [1.807, 2.05) is 0 Å². The van der Waals surface area contributed by atoms with Crippen LogP contribution in [-0.4, -0.2) is 62.6 Å². The smallest absolute Gasteiger partial charge is 0.355 e. The predicted molar refractivity (Wildman–Crippen MR) is 128 cm³/mol. The van der Waals surface area contributed by atoms with Crippen molar-refractivity contribution >= 4 is 46.6 Å². The zero-order chi connectivity index (χ0) is 25.8. The van der Waals surface area contributed by atoms with Gasteiger partial charge >= 0.3 is 5.97 Å². The average molecular weight is 513 g/mol. The number of aromatic nitrogens is 1. The number of carbonyl (C=O) groups excluding carboxylic acids is 3. The molecule has 1 aromatic carbocycles. The second-order valence-corrected chi connectivity index (χ2v) is 8.72. The van der Waals surface area contributed by atoms with Gasteiger partial charge in [0.25, 0.3) is 17.5 Å². The SMILES string of the molecule is CON=C(C(=O)NC1C(=O)N2C(C(=O)OCc3ccc([N+](=O)[O-])cc3)=CCS[C@H]12)c1cc(N)ccn1. The van der Waals surface area contributed by atoms with Crippen LogP contribution >= 0.6 is 11.8 Å². The van der Waals surface area contributed by atoms with Crippen molar-refractivity contribution in [3.8, 4) is 0 Å². The van der Waals surface area contributed by atoms with Crippen molar-refractivity contribution in [3.63, 3.8) is 0 Å². The van der Waals surface area contributed by atoms with Crippen molar-refractivity contribution in [2.75, 3.05) is 18.6 Å². The second kappa shape index (κ2) is 10.4. The van der Waals surface area contributed by atoms with E-state index in [0.29, 0.717) is 17.0 Å². The molecular weight excluding hydrogens is 492 g/mol. The first-order chi connectivity index (χ1) is 17.3. The number of esters is 1. The Labute approximate surface area is 208 Å². The van der Waals surface area contributed by atoms with Crippen LogP contribution in [-0.2, 0) is 30.6 Å². The molecule has 2 aromatic rings. The molecular formula is C22H20N6O7S. The number of oxime groups is 1. The Kier molecular flexibility index (Phi) is 7.15. The first kappa shape index (κ1) is 24.7. The first-order valence-electron chi connectivity index (χ1n) is 10.5. The maximum Gasteiger partial charge on any atom is 0.355 e. The van der Waals surface area contributed by atoms with Crippen molar-refractivity contribution in [3.05, 3.63) is 75.7 Å². The number of nitro benzene ring substituents is 1. The molecule has 186 valence electrons. The van der Waals surface area contributed by atoms with Crippen molar-refractivity contribution in [2.24, 2.45) is 5.16 Å². The van der Waals surface area contributed by atoms with E-state index >= 15 is 0 Å². The Bertz CT molecular complexity index is 1280. The number of anilines is 1. The number of fused-ring (bicyclic) bond motifs is 1. The summed E-state index contributed by atoms with van der Waals surface area (Å²) in [7, 11) is 1.27. The molecule has 4 rings (SSSR count). The molecule has 0 radical (unpaired) electrons. The zero-order valence-corrected chi connectivity index (χ0v) is 19.6. The van der Waals surface area contributed by atoms with E-state index in [9.17, 15) is 24.5 Å². The number of rotatable bonds is 8. The molecule has 3 heterocycles. The van der Waals surface area contributed by atoms with Crippen LogP contribution in [0.2, 0.25) is 0 Å². The molecule has 1 unspecified atom stereocenters. The topological polar surface area (TPSA) is 179 Å². The third-order valence-electron chi connectivity index (χ3n) is 5.28. The minimum Gasteiger partial charge on any atom is -0.456 e. The van der Waals surface area contributed by atoms with Gasteiger partial charge < -0.3 is 20.6 Å². The van der Waals surface area contributed by atoms with Crippen LogP contribution in [0.1, 0.15) is 11.3 Å². The van der Waals surface area contributed by atoms with Gasteiger partial charge in [0, 0.05) is 29.8 Å². The van der Waals surface area contributed by atoms with Gasteiger partial charge in [0.05, 0.1) is 10.6 Å². The zero-order valence-electron chi connectivity index (χ0n) is 18.8. The van der Waals surface area contributed by atoms with Gasteiger partial charge in [-0.25, -0.2) is 4.79 Å². The van der Waals surface area contributed by atoms with Gasteiger partial charge in [-0.15, -0.1) is 11.8 Å². The number of nitrogens with one attached hydrogen (secondary N) is 1. The van der Waals surface area contributed by atoms with Crippen molar-refractivity contribution < 1.29 is 28.9 Å². The van der Waals surface area contributed by atoms with Gasteiger partial charge in [-0.3, -0.25) is 29.6 Å². The number of thioether (sulfide) groups is 1. The van der Waals surface area contributed by atoms with Gasteiger partial charge in [-0.2, -0.15) is 0 Å². The van der Waals surface area contributed by atoms with Gasteiger partial charge in [0.1, 0.15) is 30.8 Å². The summed E-state index contributed by atoms with van der Waals surface area (Å²) in [5.74, 6) is -1.48. The number of amides is 2. The number of ether oxygens (including phenoxy) is 1. The van der Waals surface area contributed by atoms with Gasteiger partial charge in [-0.05, 0) is 35.9 Å². The predicted octanol–water partition coefficient (Wildman–Crippen LogP) is 0.950. The van der Waals surface area contributed by atoms with E-state index in [2.05, 4.69) is 15.5 Å². The lowest BCUT2D eigenvalue weighted by molar-refractivity contribution is -0.384. The minimum atomic E-state index is -0.906. The summed E-state index contributed by atoms with van der Waals surface area (Å²) in [4.78, 5) is 58.8. The normalized spacial score (nSPS) is 18.9. The number of hydrogen-bond donors (Lipinski definition) is 2. The lowest BCUT2D eigenvalue weighted by Crippen LogP contribution is -2.70. The Hall–Kier alpha value is -4.46. The molecule has 13 nitrogen and oxygen atoms in total. The fourth-order valence-corrected chi connectivity index (χ4v) is 4.74. The summed E-state index contributed by atoms with van der Waals surface area (Å²) in [6.07, 6.45) is 2.99. The summed E-state index contributed by atoms with van der Waals surface area (Å²) in [6.45, 7) is -0.127. The summed E-state index contributed by atoms with van der Waals surface area (Å²) < 4.78 is 5.30. The number of benzene rings is 1. The Morgan fingerprint density at radius 1 is 1.33 bits per heavy atom. The van der Waals surface area contributed by atoms with E-state index < -0.39 is 34.1 Å². The van der Waals surface area contributed by atoms with Crippen LogP contribution in [0.3, 0.4) is 0 Å². The molecule has 0 aliphatic carbocycles. The Morgan fingerprint density at radius 2 is 2.08 bits per heavy atom. The molecule has 2 aliphatic heterocycles. The average Bonchev–Trinajstić information content (AvgIpc) is 2.88. The van der Waals surface area contributed by atoms with Crippen LogP contribution < -0.4 is 11.1 Å². The monoisotopic (exact) mass is 512 g/mol. The highest BCUT2D eigenvalue weighted by molar-refractivity contribution is 8.00. The molecule has 36 heavy (non-hydrogen) atoms. The van der Waals surface area contributed by atoms with Crippen molar-refractivity contribution in [1.29, 1.82) is 0 Å². The highest BCUT2D eigenvalue weighted by Gasteiger charge is 2.53. The number of β-lactam (4-membered cyclic amide) rings is 1. The summed E-state index contributed by atoms with van der Waals surface area (Å²) in [6, 6.07) is 7.67. The number of pyridine rings is 1. The van der Waals surface area contributed by atoms with Crippen molar-refractivity contribution in [1.82, 2.24) is 15.2 Å². The highest BCUT2D eigenvalue weighted by Crippen LogP contribution is 2.38. The molecule has 2 amide bonds. The molecule has 0 saturated carbocycles. The van der Waals surface area contributed by atoms with Crippen LogP contribution in [0.5, 0.6) is 0 Å². The number of nitrogens with zero attached hydrogens (tertiary/aromatic N) is 4. The van der Waals surface area contributed by atoms with Crippen molar-refractivity contribution in [2.45, 2.75) is 18.0 Å². The van der Waals surface area contributed by atoms with E-state index in [4.69, 9.17) is 15.3 Å². The van der Waals surface area contributed by atoms with E-state index in [1.54, 1.807) is 12.1 Å². The molecule has 1 aromatic heterocycles. The fraction of sp³-hybridized carbons (Fsp3) is 0.227. The number of non-ortho nitro benzene ring substituents is 1. The van der Waals surface area contributed by atoms with Crippen LogP contribution in [0.15, 0.2) is 59.5 Å². The lowest BCUT2D eigenvalue weighted by Gasteiger charge is -2.48. The number of carbonyl (C=O) groups is 3. The molecule has 1 fully saturated rings. The molecule has 2 atom stereocenters. The molecule has 0 spiro atoms. The largest absolute Gasteiger partial charge is 0.456 e.